The van der Waals surface area contributed by atoms with E-state index in [9.17, 15) is 0 Å². The summed E-state index contributed by atoms with van der Waals surface area (Å²) in [5.74, 6) is 0. The van der Waals surface area contributed by atoms with Crippen LogP contribution in [0.3, 0.4) is 0 Å². The zero-order valence-electron chi connectivity index (χ0n) is 10.2. The average Bonchev–Trinajstić information content (AvgIpc) is 1.96. The van der Waals surface area contributed by atoms with Gasteiger partial charge in [0.1, 0.15) is 0 Å². The minimum absolute atomic E-state index is 0.0741. The van der Waals surface area contributed by atoms with Gasteiger partial charge in [0.25, 0.3) is 0 Å². The molecule has 1 rings (SSSR count). The van der Waals surface area contributed by atoms with Crippen molar-refractivity contribution in [1.82, 2.24) is 9.80 Å². The quantitative estimate of drug-likeness (QED) is 0.712. The highest BCUT2D eigenvalue weighted by Crippen LogP contribution is 2.14. The lowest BCUT2D eigenvalue weighted by molar-refractivity contribution is 0.0501. The van der Waals surface area contributed by atoms with E-state index in [1.165, 1.54) is 0 Å². The van der Waals surface area contributed by atoms with Gasteiger partial charge in [-0.25, -0.2) is 0 Å². The SMILES string of the molecule is C[C@@H]1CN(CC(C)(C)N)C[C@H](C)N1C. The first kappa shape index (κ1) is 12.0. The minimum Gasteiger partial charge on any atom is -0.324 e. The largest absolute Gasteiger partial charge is 0.324 e. The highest BCUT2D eigenvalue weighted by molar-refractivity contribution is 4.86. The van der Waals surface area contributed by atoms with Crippen LogP contribution in [0.5, 0.6) is 0 Å². The van der Waals surface area contributed by atoms with E-state index in [1.54, 1.807) is 0 Å². The first-order valence-electron chi connectivity index (χ1n) is 5.53. The molecular weight excluding hydrogens is 174 g/mol. The Morgan fingerprint density at radius 2 is 1.64 bits per heavy atom. The fraction of sp³-hybridized carbons (Fsp3) is 1.00. The summed E-state index contributed by atoms with van der Waals surface area (Å²) in [6, 6.07) is 1.28. The summed E-state index contributed by atoms with van der Waals surface area (Å²) in [5.41, 5.74) is 5.96. The van der Waals surface area contributed by atoms with Gasteiger partial charge in [0.15, 0.2) is 0 Å². The molecule has 1 heterocycles. The predicted molar refractivity (Wildman–Crippen MR) is 61.4 cm³/mol. The summed E-state index contributed by atoms with van der Waals surface area (Å²) in [7, 11) is 2.21. The van der Waals surface area contributed by atoms with Crippen LogP contribution in [-0.4, -0.2) is 54.1 Å². The van der Waals surface area contributed by atoms with Crippen molar-refractivity contribution in [3.05, 3.63) is 0 Å². The second-order valence-electron chi connectivity index (χ2n) is 5.55. The van der Waals surface area contributed by atoms with Crippen molar-refractivity contribution in [1.29, 1.82) is 0 Å². The van der Waals surface area contributed by atoms with Gasteiger partial charge in [-0.3, -0.25) is 9.80 Å². The zero-order chi connectivity index (χ0) is 10.9. The Bertz CT molecular complexity index is 173. The van der Waals surface area contributed by atoms with E-state index in [0.717, 1.165) is 19.6 Å². The first-order chi connectivity index (χ1) is 6.29. The van der Waals surface area contributed by atoms with E-state index in [2.05, 4.69) is 44.5 Å². The standard InChI is InChI=1S/C11H25N3/c1-9-6-14(8-11(3,4)12)7-10(2)13(9)5/h9-10H,6-8,12H2,1-5H3/t9-,10+. The normalized spacial score (nSPS) is 32.1. The average molecular weight is 199 g/mol. The van der Waals surface area contributed by atoms with Gasteiger partial charge in [0.05, 0.1) is 0 Å². The van der Waals surface area contributed by atoms with Crippen molar-refractivity contribution in [2.45, 2.75) is 45.3 Å². The number of rotatable bonds is 2. The highest BCUT2D eigenvalue weighted by Gasteiger charge is 2.28. The van der Waals surface area contributed by atoms with Gasteiger partial charge < -0.3 is 5.73 Å². The number of nitrogens with two attached hydrogens (primary N) is 1. The Morgan fingerprint density at radius 1 is 1.21 bits per heavy atom. The molecule has 0 unspecified atom stereocenters. The Hall–Kier alpha value is -0.120. The van der Waals surface area contributed by atoms with Crippen LogP contribution in [0.25, 0.3) is 0 Å². The molecule has 0 bridgehead atoms. The third-order valence-electron chi connectivity index (χ3n) is 3.07. The van der Waals surface area contributed by atoms with Crippen LogP contribution < -0.4 is 5.73 Å². The van der Waals surface area contributed by atoms with Crippen molar-refractivity contribution < 1.29 is 0 Å². The summed E-state index contributed by atoms with van der Waals surface area (Å²) >= 11 is 0. The Balaban J connectivity index is 2.50. The summed E-state index contributed by atoms with van der Waals surface area (Å²) in [6.07, 6.45) is 0. The van der Waals surface area contributed by atoms with E-state index in [4.69, 9.17) is 5.73 Å². The maximum absolute atomic E-state index is 6.04. The highest BCUT2D eigenvalue weighted by atomic mass is 15.3. The molecule has 2 atom stereocenters. The molecule has 0 amide bonds. The van der Waals surface area contributed by atoms with Crippen LogP contribution in [0.1, 0.15) is 27.7 Å². The van der Waals surface area contributed by atoms with Crippen LogP contribution in [-0.2, 0) is 0 Å². The van der Waals surface area contributed by atoms with Crippen LogP contribution >= 0.6 is 0 Å². The Labute approximate surface area is 88.2 Å². The fourth-order valence-corrected chi connectivity index (χ4v) is 2.22. The van der Waals surface area contributed by atoms with E-state index in [0.29, 0.717) is 12.1 Å². The Kier molecular flexibility index (Phi) is 3.56. The van der Waals surface area contributed by atoms with Crippen molar-refractivity contribution in [3.8, 4) is 0 Å². The van der Waals surface area contributed by atoms with Crippen LogP contribution in [0.2, 0.25) is 0 Å². The van der Waals surface area contributed by atoms with Crippen LogP contribution in [0.15, 0.2) is 0 Å². The molecule has 0 aromatic rings. The minimum atomic E-state index is -0.0741. The fourth-order valence-electron chi connectivity index (χ4n) is 2.22. The smallest absolute Gasteiger partial charge is 0.0226 e. The van der Waals surface area contributed by atoms with Gasteiger partial charge in [-0.05, 0) is 34.7 Å². The first-order valence-corrected chi connectivity index (χ1v) is 5.53. The molecule has 0 aliphatic carbocycles. The summed E-state index contributed by atoms with van der Waals surface area (Å²) < 4.78 is 0. The van der Waals surface area contributed by atoms with E-state index in [1.807, 2.05) is 0 Å². The molecule has 2 N–H and O–H groups in total. The predicted octanol–water partition coefficient (Wildman–Crippen LogP) is 0.748. The summed E-state index contributed by atoms with van der Waals surface area (Å²) in [4.78, 5) is 4.93. The third kappa shape index (κ3) is 3.23. The van der Waals surface area contributed by atoms with Crippen molar-refractivity contribution in [2.24, 2.45) is 5.73 Å². The molecule has 84 valence electrons. The lowest BCUT2D eigenvalue weighted by Crippen LogP contribution is -2.58. The second kappa shape index (κ2) is 4.17. The molecule has 1 fully saturated rings. The lowest BCUT2D eigenvalue weighted by atomic mass is 10.0. The lowest BCUT2D eigenvalue weighted by Gasteiger charge is -2.44. The number of hydrogen-bond donors (Lipinski definition) is 1. The van der Waals surface area contributed by atoms with E-state index < -0.39 is 0 Å². The molecule has 0 radical (unpaired) electrons. The molecule has 1 aliphatic heterocycles. The number of likely N-dealkylation sites (N-methyl/N-ethyl adjacent to an activating group) is 1. The monoisotopic (exact) mass is 199 g/mol. The zero-order valence-corrected chi connectivity index (χ0v) is 10.2. The van der Waals surface area contributed by atoms with E-state index in [-0.39, 0.29) is 5.54 Å². The Morgan fingerprint density at radius 3 is 2.00 bits per heavy atom. The van der Waals surface area contributed by atoms with Crippen LogP contribution in [0, 0.1) is 0 Å². The third-order valence-corrected chi connectivity index (χ3v) is 3.07. The number of hydrogen-bond acceptors (Lipinski definition) is 3. The van der Waals surface area contributed by atoms with Gasteiger partial charge in [0.2, 0.25) is 0 Å². The molecule has 0 spiro atoms. The molecule has 14 heavy (non-hydrogen) atoms. The summed E-state index contributed by atoms with van der Waals surface area (Å²) in [6.45, 7) is 12.0. The maximum atomic E-state index is 6.04. The van der Waals surface area contributed by atoms with E-state index >= 15 is 0 Å². The van der Waals surface area contributed by atoms with Crippen molar-refractivity contribution >= 4 is 0 Å². The molecule has 1 saturated heterocycles. The van der Waals surface area contributed by atoms with Crippen LogP contribution in [0.4, 0.5) is 0 Å². The molecule has 0 saturated carbocycles. The molecular formula is C11H25N3. The molecule has 1 aliphatic rings. The maximum Gasteiger partial charge on any atom is 0.0226 e. The molecule has 0 aromatic carbocycles. The van der Waals surface area contributed by atoms with Gasteiger partial charge in [0, 0.05) is 37.3 Å². The number of nitrogens with zero attached hydrogens (tertiary/aromatic N) is 2. The molecule has 3 nitrogen and oxygen atoms in total. The second-order valence-corrected chi connectivity index (χ2v) is 5.55. The van der Waals surface area contributed by atoms with Gasteiger partial charge in [-0.15, -0.1) is 0 Å². The number of piperazine rings is 1. The molecule has 3 heteroatoms. The van der Waals surface area contributed by atoms with Gasteiger partial charge in [-0.1, -0.05) is 0 Å². The topological polar surface area (TPSA) is 32.5 Å². The summed E-state index contributed by atoms with van der Waals surface area (Å²) in [5, 5.41) is 0. The van der Waals surface area contributed by atoms with Gasteiger partial charge >= 0.3 is 0 Å². The van der Waals surface area contributed by atoms with Crippen molar-refractivity contribution in [3.63, 3.8) is 0 Å². The van der Waals surface area contributed by atoms with Crippen molar-refractivity contribution in [2.75, 3.05) is 26.7 Å². The molecule has 0 aromatic heterocycles. The van der Waals surface area contributed by atoms with Gasteiger partial charge in [-0.2, -0.15) is 0 Å².